The number of halogens is 3. The summed E-state index contributed by atoms with van der Waals surface area (Å²) in [5.74, 6) is 1.17. The van der Waals surface area contributed by atoms with Crippen molar-refractivity contribution in [2.45, 2.75) is 6.54 Å². The summed E-state index contributed by atoms with van der Waals surface area (Å²) in [6, 6.07) is 10.7. The van der Waals surface area contributed by atoms with Crippen LogP contribution in [0.4, 0.5) is 0 Å². The monoisotopic (exact) mass is 345 g/mol. The second-order valence-electron chi connectivity index (χ2n) is 3.60. The first-order chi connectivity index (χ1) is 8.61. The standard InChI is InChI=1S/C13H10BrCl2NO/c14-10-2-1-3-12(9(10)7-17)18-13-6-8(15)4-5-11(13)16/h1-6H,7,17H2. The Morgan fingerprint density at radius 2 is 1.89 bits per heavy atom. The van der Waals surface area contributed by atoms with E-state index in [-0.39, 0.29) is 0 Å². The molecule has 0 aliphatic rings. The van der Waals surface area contributed by atoms with E-state index in [0.717, 1.165) is 10.0 Å². The minimum absolute atomic E-state index is 0.370. The maximum atomic E-state index is 6.05. The van der Waals surface area contributed by atoms with Crippen LogP contribution >= 0.6 is 39.1 Å². The Kier molecular flexibility index (Phi) is 4.51. The smallest absolute Gasteiger partial charge is 0.147 e. The first kappa shape index (κ1) is 13.7. The predicted molar refractivity (Wildman–Crippen MR) is 78.6 cm³/mol. The second kappa shape index (κ2) is 5.93. The van der Waals surface area contributed by atoms with Gasteiger partial charge in [0.15, 0.2) is 0 Å². The quantitative estimate of drug-likeness (QED) is 0.848. The van der Waals surface area contributed by atoms with Gasteiger partial charge < -0.3 is 10.5 Å². The molecular weight excluding hydrogens is 337 g/mol. The topological polar surface area (TPSA) is 35.2 Å². The second-order valence-corrected chi connectivity index (χ2v) is 5.30. The minimum Gasteiger partial charge on any atom is -0.455 e. The molecule has 0 saturated carbocycles. The maximum Gasteiger partial charge on any atom is 0.147 e. The average Bonchev–Trinajstić information content (AvgIpc) is 2.34. The molecule has 2 aromatic carbocycles. The van der Waals surface area contributed by atoms with Gasteiger partial charge in [-0.3, -0.25) is 0 Å². The Morgan fingerprint density at radius 1 is 1.11 bits per heavy atom. The van der Waals surface area contributed by atoms with Crippen molar-refractivity contribution >= 4 is 39.1 Å². The van der Waals surface area contributed by atoms with Gasteiger partial charge in [0.25, 0.3) is 0 Å². The van der Waals surface area contributed by atoms with E-state index in [9.17, 15) is 0 Å². The molecule has 0 radical (unpaired) electrons. The fraction of sp³-hybridized carbons (Fsp3) is 0.0769. The van der Waals surface area contributed by atoms with Gasteiger partial charge in [-0.1, -0.05) is 45.2 Å². The third kappa shape index (κ3) is 2.98. The number of ether oxygens (including phenoxy) is 1. The van der Waals surface area contributed by atoms with Crippen molar-refractivity contribution in [3.8, 4) is 11.5 Å². The molecule has 0 aliphatic heterocycles. The van der Waals surface area contributed by atoms with E-state index in [4.69, 9.17) is 33.7 Å². The molecule has 0 atom stereocenters. The third-order valence-electron chi connectivity index (χ3n) is 2.39. The molecule has 18 heavy (non-hydrogen) atoms. The SMILES string of the molecule is NCc1c(Br)cccc1Oc1cc(Cl)ccc1Cl. The first-order valence-corrected chi connectivity index (χ1v) is 6.77. The molecule has 0 saturated heterocycles. The normalized spacial score (nSPS) is 10.4. The van der Waals surface area contributed by atoms with Crippen molar-refractivity contribution < 1.29 is 4.74 Å². The Bertz CT molecular complexity index is 575. The summed E-state index contributed by atoms with van der Waals surface area (Å²) < 4.78 is 6.67. The van der Waals surface area contributed by atoms with Crippen molar-refractivity contribution in [1.29, 1.82) is 0 Å². The van der Waals surface area contributed by atoms with Crippen LogP contribution in [0.2, 0.25) is 10.0 Å². The zero-order valence-corrected chi connectivity index (χ0v) is 12.4. The molecule has 0 bridgehead atoms. The van der Waals surface area contributed by atoms with Gasteiger partial charge in [0.2, 0.25) is 0 Å². The van der Waals surface area contributed by atoms with E-state index in [1.54, 1.807) is 18.2 Å². The fourth-order valence-corrected chi connectivity index (χ4v) is 2.33. The van der Waals surface area contributed by atoms with Crippen molar-refractivity contribution in [3.05, 3.63) is 56.5 Å². The Labute approximate surface area is 124 Å². The Balaban J connectivity index is 2.40. The summed E-state index contributed by atoms with van der Waals surface area (Å²) >= 11 is 15.4. The lowest BCUT2D eigenvalue weighted by Gasteiger charge is -2.12. The Morgan fingerprint density at radius 3 is 2.61 bits per heavy atom. The van der Waals surface area contributed by atoms with Crippen LogP contribution in [0.1, 0.15) is 5.56 Å². The van der Waals surface area contributed by atoms with Crippen LogP contribution in [0, 0.1) is 0 Å². The lowest BCUT2D eigenvalue weighted by Crippen LogP contribution is -2.00. The molecular formula is C13H10BrCl2NO. The van der Waals surface area contributed by atoms with Crippen LogP contribution in [0.25, 0.3) is 0 Å². The van der Waals surface area contributed by atoms with Crippen LogP contribution in [0.5, 0.6) is 11.5 Å². The van der Waals surface area contributed by atoms with E-state index in [0.29, 0.717) is 28.1 Å². The first-order valence-electron chi connectivity index (χ1n) is 5.22. The molecule has 0 aromatic heterocycles. The number of hydrogen-bond donors (Lipinski definition) is 1. The number of nitrogens with two attached hydrogens (primary N) is 1. The predicted octanol–water partition coefficient (Wildman–Crippen LogP) is 5.01. The van der Waals surface area contributed by atoms with Gasteiger partial charge in [-0.2, -0.15) is 0 Å². The Hall–Kier alpha value is -0.740. The number of rotatable bonds is 3. The molecule has 94 valence electrons. The summed E-state index contributed by atoms with van der Waals surface area (Å²) in [5.41, 5.74) is 6.59. The van der Waals surface area contributed by atoms with Crippen molar-refractivity contribution in [3.63, 3.8) is 0 Å². The zero-order chi connectivity index (χ0) is 13.1. The van der Waals surface area contributed by atoms with Crippen LogP contribution in [-0.4, -0.2) is 0 Å². The summed E-state index contributed by atoms with van der Waals surface area (Å²) in [4.78, 5) is 0. The highest BCUT2D eigenvalue weighted by Crippen LogP contribution is 2.35. The maximum absolute atomic E-state index is 6.05. The molecule has 2 N–H and O–H groups in total. The molecule has 0 spiro atoms. The van der Waals surface area contributed by atoms with Crippen molar-refractivity contribution in [2.24, 2.45) is 5.73 Å². The van der Waals surface area contributed by atoms with E-state index in [2.05, 4.69) is 15.9 Å². The highest BCUT2D eigenvalue weighted by Gasteiger charge is 2.09. The van der Waals surface area contributed by atoms with Gasteiger partial charge in [0.05, 0.1) is 5.02 Å². The highest BCUT2D eigenvalue weighted by molar-refractivity contribution is 9.10. The van der Waals surface area contributed by atoms with Crippen LogP contribution in [-0.2, 0) is 6.54 Å². The van der Waals surface area contributed by atoms with Crippen LogP contribution < -0.4 is 10.5 Å². The number of hydrogen-bond acceptors (Lipinski definition) is 2. The van der Waals surface area contributed by atoms with Gasteiger partial charge >= 0.3 is 0 Å². The van der Waals surface area contributed by atoms with E-state index in [1.165, 1.54) is 0 Å². The van der Waals surface area contributed by atoms with Crippen molar-refractivity contribution in [2.75, 3.05) is 0 Å². The fourth-order valence-electron chi connectivity index (χ4n) is 1.51. The molecule has 2 rings (SSSR count). The molecule has 0 amide bonds. The molecule has 0 fully saturated rings. The lowest BCUT2D eigenvalue weighted by atomic mass is 10.2. The molecule has 0 unspecified atom stereocenters. The average molecular weight is 347 g/mol. The third-order valence-corrected chi connectivity index (χ3v) is 3.68. The van der Waals surface area contributed by atoms with Gasteiger partial charge in [0, 0.05) is 27.7 Å². The van der Waals surface area contributed by atoms with Crippen molar-refractivity contribution in [1.82, 2.24) is 0 Å². The minimum atomic E-state index is 0.370. The van der Waals surface area contributed by atoms with Gasteiger partial charge in [0.1, 0.15) is 11.5 Å². The van der Waals surface area contributed by atoms with Crippen LogP contribution in [0.3, 0.4) is 0 Å². The zero-order valence-electron chi connectivity index (χ0n) is 9.29. The van der Waals surface area contributed by atoms with Gasteiger partial charge in [-0.25, -0.2) is 0 Å². The summed E-state index contributed by atoms with van der Waals surface area (Å²) in [7, 11) is 0. The van der Waals surface area contributed by atoms with E-state index in [1.807, 2.05) is 18.2 Å². The van der Waals surface area contributed by atoms with Gasteiger partial charge in [-0.15, -0.1) is 0 Å². The van der Waals surface area contributed by atoms with E-state index >= 15 is 0 Å². The summed E-state index contributed by atoms with van der Waals surface area (Å²) in [6.07, 6.45) is 0. The summed E-state index contributed by atoms with van der Waals surface area (Å²) in [6.45, 7) is 0.370. The molecule has 0 heterocycles. The lowest BCUT2D eigenvalue weighted by molar-refractivity contribution is 0.476. The van der Waals surface area contributed by atoms with Crippen LogP contribution in [0.15, 0.2) is 40.9 Å². The largest absolute Gasteiger partial charge is 0.455 e. The summed E-state index contributed by atoms with van der Waals surface area (Å²) in [5, 5.41) is 1.07. The van der Waals surface area contributed by atoms with E-state index < -0.39 is 0 Å². The molecule has 2 nitrogen and oxygen atoms in total. The van der Waals surface area contributed by atoms with Gasteiger partial charge in [-0.05, 0) is 24.3 Å². The molecule has 2 aromatic rings. The molecule has 5 heteroatoms. The molecule has 0 aliphatic carbocycles. The highest BCUT2D eigenvalue weighted by atomic mass is 79.9. The number of benzene rings is 2.